The molecular weight excluding hydrogens is 230 g/mol. The highest BCUT2D eigenvalue weighted by molar-refractivity contribution is 5.89. The zero-order chi connectivity index (χ0) is 12.7. The van der Waals surface area contributed by atoms with Crippen molar-refractivity contribution in [1.29, 1.82) is 0 Å². The van der Waals surface area contributed by atoms with Crippen LogP contribution in [0.2, 0.25) is 0 Å². The number of ether oxygens (including phenoxy) is 1. The van der Waals surface area contributed by atoms with Gasteiger partial charge in [-0.3, -0.25) is 0 Å². The van der Waals surface area contributed by atoms with E-state index in [9.17, 15) is 13.6 Å². The molecule has 0 spiro atoms. The number of alkyl halides is 2. The average Bonchev–Trinajstić information content (AvgIpc) is 2.28. The molecule has 0 fully saturated rings. The van der Waals surface area contributed by atoms with E-state index in [1.807, 2.05) is 6.92 Å². The van der Waals surface area contributed by atoms with Gasteiger partial charge in [0.05, 0.1) is 0 Å². The zero-order valence-corrected chi connectivity index (χ0v) is 9.37. The Balaban J connectivity index is 2.47. The summed E-state index contributed by atoms with van der Waals surface area (Å²) in [5.74, 6) is 0.0551. The van der Waals surface area contributed by atoms with Crippen molar-refractivity contribution in [2.45, 2.75) is 20.0 Å². The van der Waals surface area contributed by atoms with E-state index in [0.717, 1.165) is 6.42 Å². The summed E-state index contributed by atoms with van der Waals surface area (Å²) >= 11 is 0. The standard InChI is InChI=1S/C11H14F2N2O2/c1-2-7-14-11(16)15-8-3-5-9(6-4-8)17-10(12)13/h3-6,10H,2,7H2,1H3,(H2,14,15,16). The number of carbonyl (C=O) groups is 1. The largest absolute Gasteiger partial charge is 0.435 e. The lowest BCUT2D eigenvalue weighted by Crippen LogP contribution is -2.29. The lowest BCUT2D eigenvalue weighted by Gasteiger charge is -2.08. The van der Waals surface area contributed by atoms with E-state index in [1.54, 1.807) is 0 Å². The normalized spacial score (nSPS) is 10.1. The molecule has 0 radical (unpaired) electrons. The molecule has 94 valence electrons. The molecule has 6 heteroatoms. The minimum absolute atomic E-state index is 0.0551. The molecule has 0 aliphatic heterocycles. The minimum Gasteiger partial charge on any atom is -0.435 e. The van der Waals surface area contributed by atoms with Gasteiger partial charge in [0.2, 0.25) is 0 Å². The molecule has 0 atom stereocenters. The van der Waals surface area contributed by atoms with Crippen molar-refractivity contribution in [3.63, 3.8) is 0 Å². The van der Waals surface area contributed by atoms with E-state index in [4.69, 9.17) is 0 Å². The molecule has 1 aromatic rings. The minimum atomic E-state index is -2.85. The fraction of sp³-hybridized carbons (Fsp3) is 0.364. The monoisotopic (exact) mass is 244 g/mol. The number of amides is 2. The summed E-state index contributed by atoms with van der Waals surface area (Å²) in [5.41, 5.74) is 0.514. The summed E-state index contributed by atoms with van der Waals surface area (Å²) in [7, 11) is 0. The third-order valence-electron chi connectivity index (χ3n) is 1.87. The molecule has 4 nitrogen and oxygen atoms in total. The van der Waals surface area contributed by atoms with Crippen LogP contribution in [0.5, 0.6) is 5.75 Å². The number of rotatable bonds is 5. The van der Waals surface area contributed by atoms with Crippen LogP contribution in [-0.4, -0.2) is 19.2 Å². The van der Waals surface area contributed by atoms with Gasteiger partial charge >= 0.3 is 12.6 Å². The number of urea groups is 1. The van der Waals surface area contributed by atoms with Crippen LogP contribution in [0.1, 0.15) is 13.3 Å². The first kappa shape index (κ1) is 13.2. The van der Waals surface area contributed by atoms with Gasteiger partial charge < -0.3 is 15.4 Å². The summed E-state index contributed by atoms with van der Waals surface area (Å²) < 4.78 is 27.9. The van der Waals surface area contributed by atoms with Gasteiger partial charge in [-0.2, -0.15) is 8.78 Å². The molecule has 0 aromatic heterocycles. The average molecular weight is 244 g/mol. The summed E-state index contributed by atoms with van der Waals surface area (Å²) in [6.07, 6.45) is 0.842. The first-order valence-corrected chi connectivity index (χ1v) is 5.21. The Hall–Kier alpha value is -1.85. The Morgan fingerprint density at radius 3 is 2.53 bits per heavy atom. The molecule has 0 unspecified atom stereocenters. The van der Waals surface area contributed by atoms with Gasteiger partial charge in [0.25, 0.3) is 0 Å². The lowest BCUT2D eigenvalue weighted by atomic mass is 10.3. The Morgan fingerprint density at radius 1 is 1.35 bits per heavy atom. The van der Waals surface area contributed by atoms with Gasteiger partial charge in [-0.1, -0.05) is 6.92 Å². The number of nitrogens with one attached hydrogen (secondary N) is 2. The fourth-order valence-corrected chi connectivity index (χ4v) is 1.13. The first-order chi connectivity index (χ1) is 8.11. The van der Waals surface area contributed by atoms with E-state index in [0.29, 0.717) is 12.2 Å². The van der Waals surface area contributed by atoms with Gasteiger partial charge in [0, 0.05) is 12.2 Å². The topological polar surface area (TPSA) is 50.4 Å². The van der Waals surface area contributed by atoms with Gasteiger partial charge in [-0.05, 0) is 30.7 Å². The molecular formula is C11H14F2N2O2. The van der Waals surface area contributed by atoms with Crippen molar-refractivity contribution in [3.8, 4) is 5.75 Å². The lowest BCUT2D eigenvalue weighted by molar-refractivity contribution is -0.0498. The van der Waals surface area contributed by atoms with Gasteiger partial charge in [0.15, 0.2) is 0 Å². The van der Waals surface area contributed by atoms with Crippen LogP contribution in [0, 0.1) is 0 Å². The number of hydrogen-bond acceptors (Lipinski definition) is 2. The summed E-state index contributed by atoms with van der Waals surface area (Å²) in [6, 6.07) is 5.38. The van der Waals surface area contributed by atoms with E-state index >= 15 is 0 Å². The van der Waals surface area contributed by atoms with E-state index in [1.165, 1.54) is 24.3 Å². The summed E-state index contributed by atoms with van der Waals surface area (Å²) in [6.45, 7) is -0.323. The van der Waals surface area contributed by atoms with Crippen LogP contribution in [0.15, 0.2) is 24.3 Å². The highest BCUT2D eigenvalue weighted by Gasteiger charge is 2.04. The molecule has 0 aliphatic carbocycles. The van der Waals surface area contributed by atoms with Crippen LogP contribution < -0.4 is 15.4 Å². The van der Waals surface area contributed by atoms with Crippen molar-refractivity contribution >= 4 is 11.7 Å². The van der Waals surface area contributed by atoms with E-state index in [-0.39, 0.29) is 11.8 Å². The van der Waals surface area contributed by atoms with E-state index in [2.05, 4.69) is 15.4 Å². The molecule has 2 amide bonds. The molecule has 1 aromatic carbocycles. The van der Waals surface area contributed by atoms with Gasteiger partial charge in [0.1, 0.15) is 5.75 Å². The van der Waals surface area contributed by atoms with Crippen molar-refractivity contribution in [2.75, 3.05) is 11.9 Å². The van der Waals surface area contributed by atoms with Crippen molar-refractivity contribution < 1.29 is 18.3 Å². The quantitative estimate of drug-likeness (QED) is 0.836. The molecule has 1 rings (SSSR count). The SMILES string of the molecule is CCCNC(=O)Nc1ccc(OC(F)F)cc1. The Kier molecular flexibility index (Phi) is 5.19. The van der Waals surface area contributed by atoms with Gasteiger partial charge in [-0.25, -0.2) is 4.79 Å². The maximum atomic E-state index is 11.9. The highest BCUT2D eigenvalue weighted by Crippen LogP contribution is 2.17. The maximum Gasteiger partial charge on any atom is 0.387 e. The van der Waals surface area contributed by atoms with E-state index < -0.39 is 6.61 Å². The Bertz CT molecular complexity index is 355. The number of anilines is 1. The second kappa shape index (κ2) is 6.67. The van der Waals surface area contributed by atoms with Crippen molar-refractivity contribution in [1.82, 2.24) is 5.32 Å². The number of carbonyl (C=O) groups excluding carboxylic acids is 1. The zero-order valence-electron chi connectivity index (χ0n) is 9.37. The van der Waals surface area contributed by atoms with Crippen LogP contribution in [0.3, 0.4) is 0 Å². The molecule has 0 aliphatic rings. The predicted octanol–water partition coefficient (Wildman–Crippen LogP) is 2.82. The maximum absolute atomic E-state index is 11.9. The molecule has 0 saturated heterocycles. The number of hydrogen-bond donors (Lipinski definition) is 2. The second-order valence-corrected chi connectivity index (χ2v) is 3.28. The second-order valence-electron chi connectivity index (χ2n) is 3.28. The predicted molar refractivity (Wildman–Crippen MR) is 60.4 cm³/mol. The molecule has 0 bridgehead atoms. The highest BCUT2D eigenvalue weighted by atomic mass is 19.3. The Labute approximate surface area is 98.0 Å². The van der Waals surface area contributed by atoms with Crippen LogP contribution in [0.4, 0.5) is 19.3 Å². The third-order valence-corrected chi connectivity index (χ3v) is 1.87. The molecule has 0 saturated carbocycles. The van der Waals surface area contributed by atoms with Gasteiger partial charge in [-0.15, -0.1) is 0 Å². The van der Waals surface area contributed by atoms with Crippen molar-refractivity contribution in [2.24, 2.45) is 0 Å². The third kappa shape index (κ3) is 5.14. The molecule has 0 heterocycles. The Morgan fingerprint density at radius 2 is 2.00 bits per heavy atom. The van der Waals surface area contributed by atoms with Crippen LogP contribution in [0.25, 0.3) is 0 Å². The molecule has 2 N–H and O–H groups in total. The van der Waals surface area contributed by atoms with Crippen LogP contribution in [-0.2, 0) is 0 Å². The van der Waals surface area contributed by atoms with Crippen LogP contribution >= 0.6 is 0 Å². The first-order valence-electron chi connectivity index (χ1n) is 5.21. The smallest absolute Gasteiger partial charge is 0.387 e. The summed E-state index contributed by atoms with van der Waals surface area (Å²) in [4.78, 5) is 11.3. The summed E-state index contributed by atoms with van der Waals surface area (Å²) in [5, 5.41) is 5.19. The van der Waals surface area contributed by atoms with Crippen molar-refractivity contribution in [3.05, 3.63) is 24.3 Å². The molecule has 17 heavy (non-hydrogen) atoms. The fourth-order valence-electron chi connectivity index (χ4n) is 1.13. The number of halogens is 2. The number of benzene rings is 1.